The highest BCUT2D eigenvalue weighted by Crippen LogP contribution is 2.43. The number of benzene rings is 1. The van der Waals surface area contributed by atoms with Crippen molar-refractivity contribution in [1.82, 2.24) is 5.32 Å². The second kappa shape index (κ2) is 4.44. The van der Waals surface area contributed by atoms with E-state index in [9.17, 15) is 0 Å². The minimum atomic E-state index is 0.147. The quantitative estimate of drug-likeness (QED) is 0.880. The molecule has 1 aromatic rings. The van der Waals surface area contributed by atoms with E-state index in [0.717, 1.165) is 37.7 Å². The van der Waals surface area contributed by atoms with Crippen LogP contribution in [0.5, 0.6) is 11.5 Å². The van der Waals surface area contributed by atoms with Crippen LogP contribution in [0.3, 0.4) is 0 Å². The lowest BCUT2D eigenvalue weighted by molar-refractivity contribution is -0.0641. The predicted molar refractivity (Wildman–Crippen MR) is 68.3 cm³/mol. The number of ether oxygens (including phenoxy) is 3. The van der Waals surface area contributed by atoms with Gasteiger partial charge in [-0.25, -0.2) is 0 Å². The van der Waals surface area contributed by atoms with Crippen LogP contribution in [0, 0.1) is 6.92 Å². The average molecular weight is 249 g/mol. The molecule has 0 saturated carbocycles. The Kier molecular flexibility index (Phi) is 2.92. The van der Waals surface area contributed by atoms with Crippen LogP contribution in [0.15, 0.2) is 12.1 Å². The summed E-state index contributed by atoms with van der Waals surface area (Å²) in [7, 11) is 1.99. The van der Waals surface area contributed by atoms with Crippen LogP contribution in [0.1, 0.15) is 17.5 Å². The van der Waals surface area contributed by atoms with Crippen molar-refractivity contribution in [1.29, 1.82) is 0 Å². The Labute approximate surface area is 107 Å². The number of nitrogens with one attached hydrogen (secondary N) is 1. The monoisotopic (exact) mass is 249 g/mol. The van der Waals surface area contributed by atoms with Crippen molar-refractivity contribution in [3.63, 3.8) is 0 Å². The van der Waals surface area contributed by atoms with E-state index in [4.69, 9.17) is 14.2 Å². The van der Waals surface area contributed by atoms with E-state index in [2.05, 4.69) is 24.4 Å². The second-order valence-electron chi connectivity index (χ2n) is 5.15. The molecule has 0 aromatic heterocycles. The van der Waals surface area contributed by atoms with E-state index in [-0.39, 0.29) is 5.41 Å². The van der Waals surface area contributed by atoms with Gasteiger partial charge in [-0.2, -0.15) is 0 Å². The normalized spacial score (nSPS) is 19.7. The van der Waals surface area contributed by atoms with Gasteiger partial charge in [-0.05, 0) is 50.2 Å². The maximum Gasteiger partial charge on any atom is 0.231 e. The van der Waals surface area contributed by atoms with Crippen molar-refractivity contribution in [3.8, 4) is 11.5 Å². The Morgan fingerprint density at radius 1 is 1.22 bits per heavy atom. The Hall–Kier alpha value is -1.26. The van der Waals surface area contributed by atoms with Gasteiger partial charge in [0, 0.05) is 5.41 Å². The average Bonchev–Trinajstić information content (AvgIpc) is 2.75. The fourth-order valence-corrected chi connectivity index (χ4v) is 2.76. The molecule has 2 aliphatic heterocycles. The molecule has 1 fully saturated rings. The minimum Gasteiger partial charge on any atom is -0.454 e. The summed E-state index contributed by atoms with van der Waals surface area (Å²) in [6, 6.07) is 4.22. The zero-order valence-corrected chi connectivity index (χ0v) is 10.9. The molecule has 18 heavy (non-hydrogen) atoms. The fraction of sp³-hybridized carbons (Fsp3) is 0.571. The molecule has 1 aromatic carbocycles. The molecule has 0 unspecified atom stereocenters. The molecule has 0 spiro atoms. The molecule has 0 amide bonds. The highest BCUT2D eigenvalue weighted by Gasteiger charge is 2.41. The van der Waals surface area contributed by atoms with Crippen molar-refractivity contribution in [3.05, 3.63) is 23.3 Å². The zero-order chi connectivity index (χ0) is 12.6. The van der Waals surface area contributed by atoms with Gasteiger partial charge in [0.25, 0.3) is 0 Å². The summed E-state index contributed by atoms with van der Waals surface area (Å²) in [5, 5.41) is 3.22. The summed E-state index contributed by atoms with van der Waals surface area (Å²) in [5.74, 6) is 1.73. The van der Waals surface area contributed by atoms with Crippen molar-refractivity contribution in [2.75, 3.05) is 33.6 Å². The van der Waals surface area contributed by atoms with E-state index in [1.807, 2.05) is 7.05 Å². The van der Waals surface area contributed by atoms with Crippen LogP contribution >= 0.6 is 0 Å². The third kappa shape index (κ3) is 1.76. The molecule has 1 N–H and O–H groups in total. The number of rotatable bonds is 4. The first-order valence-corrected chi connectivity index (χ1v) is 6.38. The summed E-state index contributed by atoms with van der Waals surface area (Å²) in [5.41, 5.74) is 2.75. The van der Waals surface area contributed by atoms with Crippen LogP contribution in [0.25, 0.3) is 0 Å². The lowest BCUT2D eigenvalue weighted by atomic mass is 9.74. The molecule has 98 valence electrons. The summed E-state index contributed by atoms with van der Waals surface area (Å²) >= 11 is 0. The van der Waals surface area contributed by atoms with Crippen LogP contribution in [0.2, 0.25) is 0 Å². The first-order valence-electron chi connectivity index (χ1n) is 6.38. The molecular weight excluding hydrogens is 230 g/mol. The lowest BCUT2D eigenvalue weighted by Crippen LogP contribution is -2.48. The summed E-state index contributed by atoms with van der Waals surface area (Å²) in [6.07, 6.45) is 1.09. The van der Waals surface area contributed by atoms with Crippen LogP contribution < -0.4 is 14.8 Å². The second-order valence-corrected chi connectivity index (χ2v) is 5.15. The number of hydrogen-bond acceptors (Lipinski definition) is 4. The number of aryl methyl sites for hydroxylation is 1. The minimum absolute atomic E-state index is 0.147. The van der Waals surface area contributed by atoms with E-state index < -0.39 is 0 Å². The molecule has 0 atom stereocenters. The van der Waals surface area contributed by atoms with E-state index in [1.54, 1.807) is 0 Å². The molecule has 4 nitrogen and oxygen atoms in total. The van der Waals surface area contributed by atoms with Crippen LogP contribution in [0.4, 0.5) is 0 Å². The van der Waals surface area contributed by atoms with Crippen molar-refractivity contribution in [2.45, 2.75) is 18.8 Å². The number of hydrogen-bond donors (Lipinski definition) is 1. The summed E-state index contributed by atoms with van der Waals surface area (Å²) in [6.45, 7) is 5.07. The first kappa shape index (κ1) is 11.8. The molecule has 0 bridgehead atoms. The van der Waals surface area contributed by atoms with E-state index in [1.165, 1.54) is 11.1 Å². The van der Waals surface area contributed by atoms with Gasteiger partial charge >= 0.3 is 0 Å². The summed E-state index contributed by atoms with van der Waals surface area (Å²) < 4.78 is 16.4. The number of fused-ring (bicyclic) bond motifs is 1. The smallest absolute Gasteiger partial charge is 0.231 e. The standard InChI is InChI=1S/C14H19NO3/c1-10-5-12-13(18-9-17-12)6-11(10)14(3-4-15-2)7-16-8-14/h5-6,15H,3-4,7-9H2,1-2H3. The van der Waals surface area contributed by atoms with Gasteiger partial charge in [-0.15, -0.1) is 0 Å². The highest BCUT2D eigenvalue weighted by atomic mass is 16.7. The molecule has 0 aliphatic carbocycles. The highest BCUT2D eigenvalue weighted by molar-refractivity contribution is 5.51. The molecule has 1 saturated heterocycles. The maximum absolute atomic E-state index is 5.48. The van der Waals surface area contributed by atoms with Gasteiger partial charge < -0.3 is 19.5 Å². The van der Waals surface area contributed by atoms with Gasteiger partial charge in [0.05, 0.1) is 13.2 Å². The van der Waals surface area contributed by atoms with Crippen LogP contribution in [-0.2, 0) is 10.2 Å². The fourth-order valence-electron chi connectivity index (χ4n) is 2.76. The Bertz CT molecular complexity index is 455. The Morgan fingerprint density at radius 3 is 2.56 bits per heavy atom. The SMILES string of the molecule is CNCCC1(c2cc3c(cc2C)OCO3)COC1. The predicted octanol–water partition coefficient (Wildman–Crippen LogP) is 1.60. The Morgan fingerprint density at radius 2 is 1.94 bits per heavy atom. The largest absolute Gasteiger partial charge is 0.454 e. The third-order valence-electron chi connectivity index (χ3n) is 3.90. The van der Waals surface area contributed by atoms with Crippen LogP contribution in [-0.4, -0.2) is 33.6 Å². The van der Waals surface area contributed by atoms with Gasteiger partial charge in [0.2, 0.25) is 6.79 Å². The van der Waals surface area contributed by atoms with Gasteiger partial charge in [0.1, 0.15) is 0 Å². The van der Waals surface area contributed by atoms with Crippen molar-refractivity contribution >= 4 is 0 Å². The topological polar surface area (TPSA) is 39.7 Å². The van der Waals surface area contributed by atoms with E-state index >= 15 is 0 Å². The molecule has 0 radical (unpaired) electrons. The molecular formula is C14H19NO3. The van der Waals surface area contributed by atoms with E-state index in [0.29, 0.717) is 6.79 Å². The molecule has 2 heterocycles. The van der Waals surface area contributed by atoms with Crippen molar-refractivity contribution in [2.24, 2.45) is 0 Å². The van der Waals surface area contributed by atoms with Crippen molar-refractivity contribution < 1.29 is 14.2 Å². The lowest BCUT2D eigenvalue weighted by Gasteiger charge is -2.43. The first-order chi connectivity index (χ1) is 8.75. The molecule has 4 heteroatoms. The van der Waals surface area contributed by atoms with Gasteiger partial charge in [0.15, 0.2) is 11.5 Å². The maximum atomic E-state index is 5.48. The van der Waals surface area contributed by atoms with Gasteiger partial charge in [-0.3, -0.25) is 0 Å². The third-order valence-corrected chi connectivity index (χ3v) is 3.90. The Balaban J connectivity index is 1.95. The molecule has 2 aliphatic rings. The summed E-state index contributed by atoms with van der Waals surface area (Å²) in [4.78, 5) is 0. The zero-order valence-electron chi connectivity index (χ0n) is 10.9. The molecule has 3 rings (SSSR count). The van der Waals surface area contributed by atoms with Gasteiger partial charge in [-0.1, -0.05) is 0 Å².